The summed E-state index contributed by atoms with van der Waals surface area (Å²) >= 11 is 0. The van der Waals surface area contributed by atoms with Crippen molar-refractivity contribution in [1.29, 1.82) is 0 Å². The molecule has 1 heterocycles. The van der Waals surface area contributed by atoms with Crippen LogP contribution in [0.15, 0.2) is 18.2 Å². The molecule has 0 amide bonds. The molecule has 27 heavy (non-hydrogen) atoms. The van der Waals surface area contributed by atoms with E-state index >= 15 is 0 Å². The molecule has 0 saturated heterocycles. The van der Waals surface area contributed by atoms with Gasteiger partial charge < -0.3 is 39.4 Å². The molecule has 2 aromatic rings. The van der Waals surface area contributed by atoms with Crippen LogP contribution in [0.5, 0.6) is 40.2 Å². The zero-order chi connectivity index (χ0) is 19.9. The Morgan fingerprint density at radius 1 is 0.889 bits per heavy atom. The van der Waals surface area contributed by atoms with Crippen LogP contribution in [0.4, 0.5) is 0 Å². The molecule has 0 bridgehead atoms. The Kier molecular flexibility index (Phi) is 4.63. The lowest BCUT2D eigenvalue weighted by Gasteiger charge is -2.33. The van der Waals surface area contributed by atoms with Crippen molar-refractivity contribution < 1.29 is 44.2 Å². The lowest BCUT2D eigenvalue weighted by atomic mass is 9.91. The van der Waals surface area contributed by atoms with Gasteiger partial charge in [0.2, 0.25) is 17.3 Å². The minimum absolute atomic E-state index is 0.0389. The van der Waals surface area contributed by atoms with E-state index in [-0.39, 0.29) is 28.4 Å². The van der Waals surface area contributed by atoms with Gasteiger partial charge in [-0.1, -0.05) is 0 Å². The molecule has 9 nitrogen and oxygen atoms in total. The van der Waals surface area contributed by atoms with Gasteiger partial charge in [0.05, 0.1) is 14.2 Å². The number of hydrogen-bond donors (Lipinski definition) is 4. The summed E-state index contributed by atoms with van der Waals surface area (Å²) in [5, 5.41) is 40.5. The highest BCUT2D eigenvalue weighted by Crippen LogP contribution is 2.50. The molecule has 2 aromatic carbocycles. The van der Waals surface area contributed by atoms with E-state index in [1.54, 1.807) is 0 Å². The zero-order valence-electron chi connectivity index (χ0n) is 14.7. The second-order valence-corrected chi connectivity index (χ2v) is 5.76. The Labute approximate surface area is 153 Å². The average Bonchev–Trinajstić information content (AvgIpc) is 2.66. The highest BCUT2D eigenvalue weighted by Gasteiger charge is 2.43. The first-order chi connectivity index (χ1) is 12.8. The first-order valence-electron chi connectivity index (χ1n) is 7.81. The van der Waals surface area contributed by atoms with Crippen molar-refractivity contribution in [2.45, 2.75) is 12.2 Å². The van der Waals surface area contributed by atoms with Crippen molar-refractivity contribution in [3.05, 3.63) is 29.3 Å². The van der Waals surface area contributed by atoms with E-state index in [4.69, 9.17) is 18.9 Å². The van der Waals surface area contributed by atoms with Gasteiger partial charge in [0.1, 0.15) is 11.3 Å². The second kappa shape index (κ2) is 6.76. The van der Waals surface area contributed by atoms with Crippen LogP contribution in [0.1, 0.15) is 22.0 Å². The first-order valence-corrected chi connectivity index (χ1v) is 7.81. The fourth-order valence-corrected chi connectivity index (χ4v) is 3.00. The summed E-state index contributed by atoms with van der Waals surface area (Å²) < 4.78 is 20.9. The normalized spacial score (nSPS) is 18.6. The van der Waals surface area contributed by atoms with Gasteiger partial charge in [0.15, 0.2) is 35.2 Å². The average molecular weight is 378 g/mol. The van der Waals surface area contributed by atoms with E-state index in [1.165, 1.54) is 39.5 Å². The molecule has 0 fully saturated rings. The number of fused-ring (bicyclic) bond motifs is 1. The molecule has 0 unspecified atom stereocenters. The third-order valence-electron chi connectivity index (χ3n) is 4.38. The molecule has 2 atom stereocenters. The number of hydrogen-bond acceptors (Lipinski definition) is 9. The van der Waals surface area contributed by atoms with Gasteiger partial charge >= 0.3 is 0 Å². The van der Waals surface area contributed by atoms with Gasteiger partial charge in [-0.25, -0.2) is 0 Å². The van der Waals surface area contributed by atoms with E-state index in [0.717, 1.165) is 0 Å². The smallest absolute Gasteiger partial charge is 0.203 e. The van der Waals surface area contributed by atoms with Crippen molar-refractivity contribution >= 4 is 5.78 Å². The largest absolute Gasteiger partial charge is 0.504 e. The molecule has 144 valence electrons. The number of carbonyl (C=O) groups excluding carboxylic acids is 1. The summed E-state index contributed by atoms with van der Waals surface area (Å²) in [6, 6.07) is 4.05. The third kappa shape index (κ3) is 2.72. The molecule has 1 aliphatic rings. The Morgan fingerprint density at radius 3 is 2.11 bits per heavy atom. The summed E-state index contributed by atoms with van der Waals surface area (Å²) in [5.41, 5.74) is -0.195. The molecule has 4 N–H and O–H groups in total. The predicted molar refractivity (Wildman–Crippen MR) is 91.1 cm³/mol. The maximum Gasteiger partial charge on any atom is 0.203 e. The number of aromatic hydroxyl groups is 4. The number of carbonyl (C=O) groups is 1. The Hall–Kier alpha value is -3.33. The lowest BCUT2D eigenvalue weighted by molar-refractivity contribution is -0.00201. The SMILES string of the molecule is COc1ccc([C@H]2Oc3cc(OC)c(O)c(O)c3C(=O)[C@@H]2OC)c(O)c1O. The molecule has 1 aliphatic heterocycles. The number of benzene rings is 2. The van der Waals surface area contributed by atoms with Gasteiger partial charge in [-0.3, -0.25) is 4.79 Å². The minimum atomic E-state index is -1.25. The molecule has 0 radical (unpaired) electrons. The molecule has 0 spiro atoms. The Balaban J connectivity index is 2.17. The van der Waals surface area contributed by atoms with Crippen LogP contribution in [-0.4, -0.2) is 53.6 Å². The third-order valence-corrected chi connectivity index (χ3v) is 4.38. The van der Waals surface area contributed by atoms with Gasteiger partial charge in [0, 0.05) is 18.7 Å². The van der Waals surface area contributed by atoms with Crippen molar-refractivity contribution in [2.75, 3.05) is 21.3 Å². The first kappa shape index (κ1) is 18.5. The van der Waals surface area contributed by atoms with Crippen molar-refractivity contribution in [2.24, 2.45) is 0 Å². The molecule has 9 heteroatoms. The predicted octanol–water partition coefficient (Wildman–Crippen LogP) is 1.86. The van der Waals surface area contributed by atoms with Crippen LogP contribution in [0.2, 0.25) is 0 Å². The zero-order valence-corrected chi connectivity index (χ0v) is 14.7. The number of Topliss-reactive ketones (excluding diaryl/α,β-unsaturated/α-hetero) is 1. The fourth-order valence-electron chi connectivity index (χ4n) is 3.00. The van der Waals surface area contributed by atoms with E-state index in [2.05, 4.69) is 0 Å². The number of phenolic OH excluding ortho intramolecular Hbond substituents is 4. The number of ether oxygens (including phenoxy) is 4. The van der Waals surface area contributed by atoms with Crippen molar-refractivity contribution in [3.63, 3.8) is 0 Å². The van der Waals surface area contributed by atoms with E-state index in [1.807, 2.05) is 0 Å². The molecule has 0 aliphatic carbocycles. The summed E-state index contributed by atoms with van der Waals surface area (Å²) in [7, 11) is 3.85. The van der Waals surface area contributed by atoms with E-state index < -0.39 is 41.0 Å². The van der Waals surface area contributed by atoms with Crippen molar-refractivity contribution in [1.82, 2.24) is 0 Å². The summed E-state index contributed by atoms with van der Waals surface area (Å²) in [5.74, 6) is -3.16. The Bertz CT molecular complexity index is 906. The van der Waals surface area contributed by atoms with Gasteiger partial charge in [-0.05, 0) is 12.1 Å². The number of ketones is 1. The molecular formula is C18H18O9. The molecule has 0 aromatic heterocycles. The maximum atomic E-state index is 12.8. The lowest BCUT2D eigenvalue weighted by Crippen LogP contribution is -2.37. The number of methoxy groups -OCH3 is 3. The number of rotatable bonds is 4. The monoisotopic (exact) mass is 378 g/mol. The van der Waals surface area contributed by atoms with Crippen molar-refractivity contribution in [3.8, 4) is 40.2 Å². The topological polar surface area (TPSA) is 135 Å². The van der Waals surface area contributed by atoms with Gasteiger partial charge in [-0.15, -0.1) is 0 Å². The fraction of sp³-hybridized carbons (Fsp3) is 0.278. The minimum Gasteiger partial charge on any atom is -0.504 e. The highest BCUT2D eigenvalue weighted by molar-refractivity contribution is 6.06. The Morgan fingerprint density at radius 2 is 1.52 bits per heavy atom. The summed E-state index contributed by atoms with van der Waals surface area (Å²) in [6.07, 6.45) is -2.39. The molecule has 3 rings (SSSR count). The van der Waals surface area contributed by atoms with E-state index in [0.29, 0.717) is 0 Å². The quantitative estimate of drug-likeness (QED) is 0.588. The summed E-state index contributed by atoms with van der Waals surface area (Å²) in [6.45, 7) is 0. The van der Waals surface area contributed by atoms with Gasteiger partial charge in [0.25, 0.3) is 0 Å². The highest BCUT2D eigenvalue weighted by atomic mass is 16.5. The summed E-state index contributed by atoms with van der Waals surface area (Å²) in [4.78, 5) is 12.8. The van der Waals surface area contributed by atoms with Crippen LogP contribution >= 0.6 is 0 Å². The van der Waals surface area contributed by atoms with Crippen LogP contribution in [0.25, 0.3) is 0 Å². The standard InChI is InChI=1S/C18H18O9/c1-24-8-5-4-7(12(19)13(8)20)17-18(26-3)16(23)11-9(27-17)6-10(25-2)14(21)15(11)22/h4-6,17-22H,1-3H3/t17-,18+/m1/s1. The van der Waals surface area contributed by atoms with Gasteiger partial charge in [-0.2, -0.15) is 0 Å². The van der Waals surface area contributed by atoms with Crippen LogP contribution < -0.4 is 14.2 Å². The molecular weight excluding hydrogens is 360 g/mol. The van der Waals surface area contributed by atoms with E-state index in [9.17, 15) is 25.2 Å². The van der Waals surface area contributed by atoms with Crippen LogP contribution in [0.3, 0.4) is 0 Å². The number of phenols is 4. The second-order valence-electron chi connectivity index (χ2n) is 5.76. The molecule has 0 saturated carbocycles. The van der Waals surface area contributed by atoms with Crippen LogP contribution in [-0.2, 0) is 4.74 Å². The van der Waals surface area contributed by atoms with Crippen LogP contribution in [0, 0.1) is 0 Å². The maximum absolute atomic E-state index is 12.8.